The third-order valence-electron chi connectivity index (χ3n) is 21.7. The van der Waals surface area contributed by atoms with E-state index in [-0.39, 0.29) is 0 Å². The smallest absolute Gasteiger partial charge is 0.390 e. The van der Waals surface area contributed by atoms with Gasteiger partial charge in [0.1, 0.15) is 67.7 Å². The SMILES string of the molecule is Cc1cc([Si](C)(C)C)c2op(Oc3cccc(Op4oc5c([Si](C)(C)C)cc(C)cc5c5cc(C)cc([Si](C)(C)C)c5o4)c3-c3c(Op4oc5c([Si](C)(C)C)cc(C)cc5c5cc(C)cc([Si](C)(C)C)c5o4)cccc3Op3oc4c([Si](C)(C)C)cc(C)cc4c4cc(C)cc([Si](C)(C)C)c4o3)oc3c([Si](C)(C)C)cc(C)cc3c2c1. The van der Waals surface area contributed by atoms with Crippen LogP contribution in [0.2, 0.25) is 157 Å². The van der Waals surface area contributed by atoms with Crippen molar-refractivity contribution in [3.63, 3.8) is 0 Å². The lowest BCUT2D eigenvalue weighted by molar-refractivity contribution is 0.478. The topological polar surface area (TPSA) is 142 Å². The molecule has 12 nitrogen and oxygen atoms in total. The van der Waals surface area contributed by atoms with Gasteiger partial charge in [-0.15, -0.1) is 0 Å². The van der Waals surface area contributed by atoms with Gasteiger partial charge in [-0.25, -0.2) is 0 Å². The molecule has 610 valence electrons. The molecule has 116 heavy (non-hydrogen) atoms. The lowest BCUT2D eigenvalue weighted by atomic mass is 10.0. The standard InChI is InChI=1S/C92H118O12P4Si8/c1-55-39-63-64-40-56(2)48-76(110(12,13)14)86(64)98-105(97-85(63)75(47-55)109(9,10)11)93-71-35-33-36-72(94-106-99-87-65(41-57(3)49-77(87)111(15,16)17)66-42-58(4)50-78(88(66)100-106)112(18,19)20)83(71)84-73(95-107-101-89-67(43-59(5)51-79(89)113(21,22)23)68-44-60(6)52-80(90(68)102-107)114(24,25)26)37-34-38-74(84)96-108-103-91-69(45-61(7)53-81(91)115(27,28)29)70-46-62(8)54-82(92(70)104-108)116(30,31)32/h33-54H,1-32H3. The fraction of sp³-hybridized carbons (Fsp3) is 0.348. The maximum absolute atomic E-state index is 7.93. The van der Waals surface area contributed by atoms with Gasteiger partial charge in [0.2, 0.25) is 0 Å². The van der Waals surface area contributed by atoms with Gasteiger partial charge in [-0.1, -0.05) is 262 Å². The van der Waals surface area contributed by atoms with Crippen molar-refractivity contribution in [2.24, 2.45) is 0 Å². The van der Waals surface area contributed by atoms with E-state index in [0.717, 1.165) is 174 Å². The highest BCUT2D eigenvalue weighted by Crippen LogP contribution is 2.56. The molecule has 0 unspecified atom stereocenters. The summed E-state index contributed by atoms with van der Waals surface area (Å²) in [6.45, 7) is 74.5. The molecule has 4 aromatic heterocycles. The zero-order valence-electron chi connectivity index (χ0n) is 74.4. The van der Waals surface area contributed by atoms with Gasteiger partial charge >= 0.3 is 33.0 Å². The summed E-state index contributed by atoms with van der Waals surface area (Å²) in [7, 11) is -27.3. The lowest BCUT2D eigenvalue weighted by Gasteiger charge is -2.20. The summed E-state index contributed by atoms with van der Waals surface area (Å²) in [5, 5.41) is 17.2. The minimum atomic E-state index is -2.41. The first kappa shape index (κ1) is 85.2. The van der Waals surface area contributed by atoms with E-state index < -0.39 is 97.6 Å². The van der Waals surface area contributed by atoms with Crippen LogP contribution in [0.1, 0.15) is 44.5 Å². The van der Waals surface area contributed by atoms with Gasteiger partial charge in [0, 0.05) is 43.1 Å². The van der Waals surface area contributed by atoms with Crippen molar-refractivity contribution < 1.29 is 51.7 Å². The predicted molar refractivity (Wildman–Crippen MR) is 523 cm³/mol. The third-order valence-corrected chi connectivity index (χ3v) is 41.7. The highest BCUT2D eigenvalue weighted by Gasteiger charge is 2.36. The molecule has 0 N–H and O–H groups in total. The maximum atomic E-state index is 7.93. The van der Waals surface area contributed by atoms with Crippen molar-refractivity contribution in [3.8, 4) is 34.1 Å². The zero-order valence-corrected chi connectivity index (χ0v) is 86.0. The molecule has 0 aliphatic rings. The molecular weight excluding hydrogens is 1650 g/mol. The molecular formula is C92H118O12P4Si8. The molecule has 0 saturated heterocycles. The minimum absolute atomic E-state index is 0.337. The molecule has 0 radical (unpaired) electrons. The molecule has 0 atom stereocenters. The highest BCUT2D eigenvalue weighted by molar-refractivity contribution is 7.33. The number of fused-ring (bicyclic) bond motifs is 12. The van der Waals surface area contributed by atoms with Crippen molar-refractivity contribution in [3.05, 3.63) is 178 Å². The molecule has 10 aromatic carbocycles. The first-order valence-electron chi connectivity index (χ1n) is 40.6. The van der Waals surface area contributed by atoms with Gasteiger partial charge in [0.05, 0.1) is 75.7 Å². The Morgan fingerprint density at radius 3 is 0.422 bits per heavy atom. The summed E-state index contributed by atoms with van der Waals surface area (Å²) in [5.74, 6) is 1.35. The summed E-state index contributed by atoms with van der Waals surface area (Å²) in [4.78, 5) is 0. The van der Waals surface area contributed by atoms with Crippen LogP contribution in [-0.4, -0.2) is 64.6 Å². The maximum Gasteiger partial charge on any atom is 0.453 e. The highest BCUT2D eigenvalue weighted by atomic mass is 31.1. The Balaban J connectivity index is 1.19. The third kappa shape index (κ3) is 17.0. The largest absolute Gasteiger partial charge is 0.453 e. The Bertz CT molecular complexity index is 5450. The van der Waals surface area contributed by atoms with E-state index in [1.807, 2.05) is 36.4 Å². The van der Waals surface area contributed by atoms with Crippen molar-refractivity contribution in [1.29, 1.82) is 0 Å². The Labute approximate surface area is 697 Å². The van der Waals surface area contributed by atoms with Crippen LogP contribution in [0.5, 0.6) is 23.0 Å². The Kier molecular flexibility index (Phi) is 22.4. The van der Waals surface area contributed by atoms with Gasteiger partial charge in [-0.3, -0.25) is 0 Å². The van der Waals surface area contributed by atoms with Crippen LogP contribution in [0, 0.1) is 55.4 Å². The Morgan fingerprint density at radius 1 is 0.190 bits per heavy atom. The molecule has 0 fully saturated rings. The van der Waals surface area contributed by atoms with Gasteiger partial charge in [0.15, 0.2) is 0 Å². The quantitative estimate of drug-likeness (QED) is 0.0801. The van der Waals surface area contributed by atoms with E-state index in [2.05, 4.69) is 310 Å². The van der Waals surface area contributed by atoms with E-state index in [4.69, 9.17) is 51.7 Å². The van der Waals surface area contributed by atoms with Crippen LogP contribution in [-0.2, 0) is 0 Å². The first-order chi connectivity index (χ1) is 53.8. The number of hydrogen-bond acceptors (Lipinski definition) is 12. The molecule has 0 spiro atoms. The molecule has 14 aromatic rings. The molecule has 0 aliphatic carbocycles. The van der Waals surface area contributed by atoms with Gasteiger partial charge < -0.3 is 51.7 Å². The first-order valence-corrected chi connectivity index (χ1v) is 73.0. The predicted octanol–water partition coefficient (Wildman–Crippen LogP) is 28.0. The molecule has 24 heteroatoms. The van der Waals surface area contributed by atoms with Crippen LogP contribution >= 0.6 is 33.0 Å². The molecule has 0 aliphatic heterocycles. The van der Waals surface area contributed by atoms with E-state index in [0.29, 0.717) is 34.1 Å². The fourth-order valence-corrected chi connectivity index (χ4v) is 33.4. The minimum Gasteiger partial charge on any atom is -0.390 e. The second-order valence-corrected chi connectivity index (χ2v) is 85.1. The summed E-state index contributed by atoms with van der Waals surface area (Å²) in [6, 6.07) is 48.3. The second-order valence-electron chi connectivity index (χ2n) is 40.8. The molecule has 0 bridgehead atoms. The van der Waals surface area contributed by atoms with Crippen molar-refractivity contribution >= 4 is 227 Å². The normalized spacial score (nSPS) is 13.0. The van der Waals surface area contributed by atoms with Crippen LogP contribution in [0.3, 0.4) is 0 Å². The zero-order chi connectivity index (χ0) is 84.3. The monoisotopic (exact) mass is 1760 g/mol. The van der Waals surface area contributed by atoms with Gasteiger partial charge in [-0.2, -0.15) is 0 Å². The number of rotatable bonds is 17. The number of hydrogen-bond donors (Lipinski definition) is 0. The summed E-state index contributed by atoms with van der Waals surface area (Å²) >= 11 is 0. The number of aryl methyl sites for hydroxylation is 8. The van der Waals surface area contributed by atoms with E-state index in [9.17, 15) is 0 Å². The van der Waals surface area contributed by atoms with Crippen LogP contribution in [0.25, 0.3) is 98.9 Å². The van der Waals surface area contributed by atoms with Crippen LogP contribution in [0.15, 0.2) is 167 Å². The van der Waals surface area contributed by atoms with Gasteiger partial charge in [-0.05, 0) is 170 Å². The summed E-state index contributed by atoms with van der Waals surface area (Å²) < 4.78 is 93.1. The van der Waals surface area contributed by atoms with Crippen LogP contribution in [0.4, 0.5) is 0 Å². The fourth-order valence-electron chi connectivity index (χ4n) is 16.0. The molecule has 4 heterocycles. The lowest BCUT2D eigenvalue weighted by Crippen LogP contribution is -2.38. The van der Waals surface area contributed by atoms with E-state index >= 15 is 0 Å². The van der Waals surface area contributed by atoms with E-state index in [1.54, 1.807) is 0 Å². The summed E-state index contributed by atoms with van der Waals surface area (Å²) in [6.07, 6.45) is 0. The molecule has 0 amide bonds. The Morgan fingerprint density at radius 2 is 0.310 bits per heavy atom. The van der Waals surface area contributed by atoms with Crippen molar-refractivity contribution in [1.82, 2.24) is 0 Å². The van der Waals surface area contributed by atoms with Crippen molar-refractivity contribution in [2.45, 2.75) is 213 Å². The summed E-state index contributed by atoms with van der Waals surface area (Å²) in [5.41, 5.74) is 16.1. The molecule has 14 rings (SSSR count). The van der Waals surface area contributed by atoms with E-state index in [1.165, 1.54) is 0 Å². The van der Waals surface area contributed by atoms with Crippen molar-refractivity contribution in [2.75, 3.05) is 0 Å². The van der Waals surface area contributed by atoms with Gasteiger partial charge in [0.25, 0.3) is 0 Å². The molecule has 0 saturated carbocycles. The van der Waals surface area contributed by atoms with Crippen LogP contribution < -0.4 is 59.6 Å². The number of benzene rings is 10. The average Bonchev–Trinajstić information content (AvgIpc) is 1.55. The second kappa shape index (κ2) is 30.5. The average molecular weight is 1760 g/mol. The Hall–Kier alpha value is -7.26.